The Morgan fingerprint density at radius 1 is 0.301 bits per heavy atom. The third-order valence-electron chi connectivity index (χ3n) is 17.4. The maximum absolute atomic E-state index is 13.1. The summed E-state index contributed by atoms with van der Waals surface area (Å²) >= 11 is 0. The van der Waals surface area contributed by atoms with E-state index >= 15 is 0 Å². The van der Waals surface area contributed by atoms with Crippen LogP contribution in [0.5, 0.6) is 0 Å². The maximum Gasteiger partial charge on any atom is 0.472 e. The Hall–Kier alpha value is -1.94. The lowest BCUT2D eigenvalue weighted by Gasteiger charge is -2.21. The number of ether oxygens (including phenoxy) is 4. The topological polar surface area (TPSA) is 237 Å². The molecule has 0 radical (unpaired) electrons. The average Bonchev–Trinajstić information content (AvgIpc) is 3.25. The van der Waals surface area contributed by atoms with Crippen molar-refractivity contribution in [1.29, 1.82) is 0 Å². The van der Waals surface area contributed by atoms with Crippen LogP contribution in [-0.4, -0.2) is 96.7 Å². The van der Waals surface area contributed by atoms with Crippen molar-refractivity contribution < 1.29 is 80.2 Å². The predicted molar refractivity (Wildman–Crippen MR) is 377 cm³/mol. The van der Waals surface area contributed by atoms with E-state index in [0.29, 0.717) is 25.7 Å². The van der Waals surface area contributed by atoms with Crippen LogP contribution in [0.2, 0.25) is 0 Å². The van der Waals surface area contributed by atoms with Crippen LogP contribution in [0, 0.1) is 23.7 Å². The monoisotopic (exact) mass is 1370 g/mol. The molecule has 6 atom stereocenters. The summed E-state index contributed by atoms with van der Waals surface area (Å²) in [6.07, 6.45) is 47.0. The first-order valence-corrected chi connectivity index (χ1v) is 41.2. The number of carbonyl (C=O) groups is 4. The molecule has 17 nitrogen and oxygen atoms in total. The predicted octanol–water partition coefficient (Wildman–Crippen LogP) is 21.3. The summed E-state index contributed by atoms with van der Waals surface area (Å²) in [6.45, 7) is 14.2. The van der Waals surface area contributed by atoms with E-state index < -0.39 is 97.5 Å². The molecule has 0 saturated heterocycles. The van der Waals surface area contributed by atoms with Crippen LogP contribution >= 0.6 is 15.6 Å². The highest BCUT2D eigenvalue weighted by atomic mass is 31.2. The second-order valence-electron chi connectivity index (χ2n) is 28.4. The van der Waals surface area contributed by atoms with Gasteiger partial charge < -0.3 is 33.8 Å². The van der Waals surface area contributed by atoms with Crippen molar-refractivity contribution in [3.05, 3.63) is 0 Å². The Morgan fingerprint density at radius 3 is 0.763 bits per heavy atom. The fourth-order valence-electron chi connectivity index (χ4n) is 11.2. The molecule has 0 spiro atoms. The quantitative estimate of drug-likeness (QED) is 0.0222. The van der Waals surface area contributed by atoms with Crippen molar-refractivity contribution in [3.8, 4) is 0 Å². The van der Waals surface area contributed by atoms with Gasteiger partial charge in [0.15, 0.2) is 12.2 Å². The Balaban J connectivity index is 5.28. The lowest BCUT2D eigenvalue weighted by atomic mass is 9.99. The van der Waals surface area contributed by atoms with Crippen molar-refractivity contribution >= 4 is 39.5 Å². The van der Waals surface area contributed by atoms with Gasteiger partial charge in [0.05, 0.1) is 26.4 Å². The molecule has 3 N–H and O–H groups in total. The van der Waals surface area contributed by atoms with Crippen LogP contribution in [0.4, 0.5) is 0 Å². The molecular weight excluding hydrogens is 1220 g/mol. The fourth-order valence-corrected chi connectivity index (χ4v) is 12.7. The third-order valence-corrected chi connectivity index (χ3v) is 19.3. The minimum atomic E-state index is -4.96. The fraction of sp³-hybridized carbons (Fsp3) is 0.946. The van der Waals surface area contributed by atoms with Gasteiger partial charge >= 0.3 is 39.5 Å². The number of phosphoric acid groups is 2. The normalized spacial score (nSPS) is 14.5. The molecule has 0 aliphatic carbocycles. The van der Waals surface area contributed by atoms with E-state index in [1.54, 1.807) is 0 Å². The van der Waals surface area contributed by atoms with Crippen molar-refractivity contribution in [2.75, 3.05) is 39.6 Å². The van der Waals surface area contributed by atoms with Crippen molar-refractivity contribution in [1.82, 2.24) is 0 Å². The number of phosphoric ester groups is 2. The number of unbranched alkanes of at least 4 members (excludes halogenated alkanes) is 36. The summed E-state index contributed by atoms with van der Waals surface area (Å²) in [5.74, 6) is 0.948. The lowest BCUT2D eigenvalue weighted by Crippen LogP contribution is -2.30. The highest BCUT2D eigenvalue weighted by Gasteiger charge is 2.30. The highest BCUT2D eigenvalue weighted by Crippen LogP contribution is 2.45. The molecule has 0 amide bonds. The summed E-state index contributed by atoms with van der Waals surface area (Å²) in [6, 6.07) is 0. The molecule has 0 aliphatic rings. The second kappa shape index (κ2) is 63.5. The van der Waals surface area contributed by atoms with E-state index in [4.69, 9.17) is 37.0 Å². The number of aliphatic hydroxyl groups excluding tert-OH is 1. The summed E-state index contributed by atoms with van der Waals surface area (Å²) in [5.41, 5.74) is 0. The molecule has 0 bridgehead atoms. The number of esters is 4. The molecule has 0 fully saturated rings. The second-order valence-corrected chi connectivity index (χ2v) is 31.3. The van der Waals surface area contributed by atoms with E-state index in [1.807, 2.05) is 0 Å². The van der Waals surface area contributed by atoms with E-state index in [-0.39, 0.29) is 25.7 Å². The molecule has 0 saturated carbocycles. The van der Waals surface area contributed by atoms with Gasteiger partial charge in [-0.15, -0.1) is 0 Å². The van der Waals surface area contributed by atoms with Gasteiger partial charge in [-0.2, -0.15) is 0 Å². The minimum absolute atomic E-state index is 0.105. The minimum Gasteiger partial charge on any atom is -0.462 e. The molecule has 19 heteroatoms. The molecule has 0 rings (SSSR count). The van der Waals surface area contributed by atoms with Crippen LogP contribution in [-0.2, 0) is 65.4 Å². The highest BCUT2D eigenvalue weighted by molar-refractivity contribution is 7.47. The van der Waals surface area contributed by atoms with Crippen LogP contribution < -0.4 is 0 Å². The standard InChI is InChI=1S/C74H144O17P2/c1-9-67(8)53-45-37-29-21-14-16-22-30-38-46-54-71(76)84-60-69(90-73(78)56-48-40-32-23-12-10-11-18-26-34-42-50-64(2)3)62-88-92(80,81)86-58-68(75)59-87-93(82,83)89-63-70(61-85-72(77)55-47-39-31-25-17-20-28-36-44-52-66(6)7)91-74(79)57-49-41-33-24-15-13-19-27-35-43-51-65(4)5/h64-70,75H,9-63H2,1-8H3,(H,80,81)(H,82,83)/t67?,68-,69-,70-/m1/s1. The third kappa shape index (κ3) is 67.0. The van der Waals surface area contributed by atoms with Gasteiger partial charge in [-0.25, -0.2) is 9.13 Å². The van der Waals surface area contributed by atoms with Gasteiger partial charge in [-0.1, -0.05) is 319 Å². The van der Waals surface area contributed by atoms with Gasteiger partial charge in [-0.3, -0.25) is 37.3 Å². The largest absolute Gasteiger partial charge is 0.472 e. The maximum atomic E-state index is 13.1. The lowest BCUT2D eigenvalue weighted by molar-refractivity contribution is -0.161. The van der Waals surface area contributed by atoms with E-state index in [0.717, 1.165) is 114 Å². The number of hydrogen-bond donors (Lipinski definition) is 3. The molecule has 3 unspecified atom stereocenters. The van der Waals surface area contributed by atoms with Crippen molar-refractivity contribution in [3.63, 3.8) is 0 Å². The van der Waals surface area contributed by atoms with Crippen LogP contribution in [0.15, 0.2) is 0 Å². The zero-order chi connectivity index (χ0) is 68.9. The van der Waals surface area contributed by atoms with Crippen LogP contribution in [0.1, 0.15) is 370 Å². The first-order valence-electron chi connectivity index (χ1n) is 38.2. The number of rotatable bonds is 71. The average molecular weight is 1370 g/mol. The molecule has 0 aromatic rings. The number of aliphatic hydroxyl groups is 1. The molecule has 93 heavy (non-hydrogen) atoms. The summed E-state index contributed by atoms with van der Waals surface area (Å²) in [7, 11) is -9.91. The van der Waals surface area contributed by atoms with E-state index in [9.17, 15) is 43.2 Å². The number of carbonyl (C=O) groups excluding carboxylic acids is 4. The first kappa shape index (κ1) is 91.1. The molecule has 0 heterocycles. The molecular formula is C74H144O17P2. The van der Waals surface area contributed by atoms with Crippen molar-refractivity contribution in [2.45, 2.75) is 388 Å². The summed E-state index contributed by atoms with van der Waals surface area (Å²) in [5, 5.41) is 10.6. The van der Waals surface area contributed by atoms with E-state index in [2.05, 4.69) is 55.4 Å². The first-order chi connectivity index (χ1) is 44.6. The van der Waals surface area contributed by atoms with Gasteiger partial charge in [0, 0.05) is 25.7 Å². The van der Waals surface area contributed by atoms with Gasteiger partial charge in [0.2, 0.25) is 0 Å². The molecule has 0 aromatic heterocycles. The Kier molecular flexibility index (Phi) is 62.2. The van der Waals surface area contributed by atoms with Crippen LogP contribution in [0.25, 0.3) is 0 Å². The van der Waals surface area contributed by atoms with Crippen LogP contribution in [0.3, 0.4) is 0 Å². The molecule has 0 aliphatic heterocycles. The molecule has 0 aromatic carbocycles. The zero-order valence-electron chi connectivity index (χ0n) is 60.9. The summed E-state index contributed by atoms with van der Waals surface area (Å²) < 4.78 is 68.5. The smallest absolute Gasteiger partial charge is 0.462 e. The Labute approximate surface area is 568 Å². The Bertz CT molecular complexity index is 1840. The van der Waals surface area contributed by atoms with Gasteiger partial charge in [0.1, 0.15) is 19.3 Å². The molecule has 552 valence electrons. The van der Waals surface area contributed by atoms with Gasteiger partial charge in [0.25, 0.3) is 0 Å². The van der Waals surface area contributed by atoms with E-state index in [1.165, 1.54) is 173 Å². The Morgan fingerprint density at radius 2 is 0.516 bits per heavy atom. The number of hydrogen-bond acceptors (Lipinski definition) is 15. The summed E-state index contributed by atoms with van der Waals surface area (Å²) in [4.78, 5) is 72.8. The van der Waals surface area contributed by atoms with Gasteiger partial charge in [-0.05, 0) is 49.4 Å². The van der Waals surface area contributed by atoms with Crippen molar-refractivity contribution in [2.24, 2.45) is 23.7 Å². The SMILES string of the molecule is CCC(C)CCCCCCCCCCCCC(=O)OC[C@H](COP(=O)(O)OC[C@@H](O)COP(=O)(O)OC[C@@H](COC(=O)CCCCCCCCCCCC(C)C)OC(=O)CCCCCCCCCCCCC(C)C)OC(=O)CCCCCCCCCCCCCC(C)C. The zero-order valence-corrected chi connectivity index (χ0v) is 62.7.